The van der Waals surface area contributed by atoms with Gasteiger partial charge < -0.3 is 10.1 Å². The molecule has 2 N–H and O–H groups in total. The van der Waals surface area contributed by atoms with Crippen molar-refractivity contribution in [1.82, 2.24) is 14.8 Å². The Morgan fingerprint density at radius 3 is 2.63 bits per heavy atom. The number of hydrogen-bond acceptors (Lipinski definition) is 5. The van der Waals surface area contributed by atoms with Crippen molar-refractivity contribution in [1.29, 1.82) is 0 Å². The van der Waals surface area contributed by atoms with Crippen molar-refractivity contribution in [3.05, 3.63) is 35.0 Å². The molecule has 2 saturated heterocycles. The molecule has 0 amide bonds. The predicted octanol–water partition coefficient (Wildman–Crippen LogP) is 1.75. The van der Waals surface area contributed by atoms with Gasteiger partial charge in [0.1, 0.15) is 6.04 Å². The first-order valence-electron chi connectivity index (χ1n) is 9.02. The number of carbonyl (C=O) groups is 1. The summed E-state index contributed by atoms with van der Waals surface area (Å²) in [7, 11) is -2.92. The second-order valence-electron chi connectivity index (χ2n) is 7.30. The highest BCUT2D eigenvalue weighted by Gasteiger charge is 2.37. The minimum Gasteiger partial charge on any atom is -0.480 e. The Morgan fingerprint density at radius 1 is 1.26 bits per heavy atom. The van der Waals surface area contributed by atoms with Gasteiger partial charge in [-0.1, -0.05) is 11.6 Å². The first-order valence-corrected chi connectivity index (χ1v) is 11.2. The number of sulfone groups is 1. The topological polar surface area (TPSA) is 93.7 Å². The number of halogens is 1. The molecule has 2 aliphatic heterocycles. The lowest BCUT2D eigenvalue weighted by Crippen LogP contribution is -2.52. The van der Waals surface area contributed by atoms with Gasteiger partial charge in [-0.15, -0.1) is 0 Å². The largest absolute Gasteiger partial charge is 0.480 e. The molecule has 146 valence electrons. The van der Waals surface area contributed by atoms with Crippen LogP contribution < -0.4 is 0 Å². The Balaban J connectivity index is 1.52. The molecule has 2 aliphatic rings. The lowest BCUT2D eigenvalue weighted by Gasteiger charge is -2.39. The standard InChI is InChI=1S/C18H22ClN3O4S/c19-12-1-2-16-14(9-12)15(10-20-16)17(18(23)24)22-6-4-21(5-7-22)13-3-8-27(25,26)11-13/h1-2,9-10,13,17,20H,3-8,11H2,(H,23,24)/t13-,17-/m1/s1. The van der Waals surface area contributed by atoms with Crippen LogP contribution >= 0.6 is 11.6 Å². The SMILES string of the molecule is O=C(O)[C@@H](c1c[nH]c2ccc(Cl)cc12)N1CCN([C@@H]2CCS(=O)(=O)C2)CC1. The molecule has 0 saturated carbocycles. The normalized spacial score (nSPS) is 25.0. The van der Waals surface area contributed by atoms with Crippen LogP contribution in [0.1, 0.15) is 18.0 Å². The summed E-state index contributed by atoms with van der Waals surface area (Å²) < 4.78 is 23.4. The molecule has 1 aromatic carbocycles. The van der Waals surface area contributed by atoms with Crippen LogP contribution in [0.5, 0.6) is 0 Å². The van der Waals surface area contributed by atoms with Crippen LogP contribution in [-0.4, -0.2) is 78.0 Å². The summed E-state index contributed by atoms with van der Waals surface area (Å²) in [6.07, 6.45) is 2.42. The minimum absolute atomic E-state index is 0.0623. The summed E-state index contributed by atoms with van der Waals surface area (Å²) in [4.78, 5) is 19.3. The number of H-pyrrole nitrogens is 1. The fourth-order valence-electron chi connectivity index (χ4n) is 4.25. The Morgan fingerprint density at radius 2 is 2.00 bits per heavy atom. The molecule has 3 heterocycles. The van der Waals surface area contributed by atoms with E-state index in [2.05, 4.69) is 9.88 Å². The minimum atomic E-state index is -2.92. The lowest BCUT2D eigenvalue weighted by atomic mass is 10.0. The highest BCUT2D eigenvalue weighted by molar-refractivity contribution is 7.91. The summed E-state index contributed by atoms with van der Waals surface area (Å²) in [5, 5.41) is 11.3. The number of carboxylic acid groups (broad SMARTS) is 1. The maximum absolute atomic E-state index is 12.1. The highest BCUT2D eigenvalue weighted by atomic mass is 35.5. The predicted molar refractivity (Wildman–Crippen MR) is 104 cm³/mol. The van der Waals surface area contributed by atoms with Crippen molar-refractivity contribution in [2.24, 2.45) is 0 Å². The third-order valence-corrected chi connectivity index (χ3v) is 7.63. The van der Waals surface area contributed by atoms with Crippen molar-refractivity contribution in [3.8, 4) is 0 Å². The number of hydrogen-bond donors (Lipinski definition) is 2. The second kappa shape index (κ2) is 7.09. The zero-order chi connectivity index (χ0) is 19.2. The molecule has 0 radical (unpaired) electrons. The maximum atomic E-state index is 12.1. The summed E-state index contributed by atoms with van der Waals surface area (Å²) in [6, 6.07) is 4.71. The molecule has 0 unspecified atom stereocenters. The molecule has 27 heavy (non-hydrogen) atoms. The van der Waals surface area contributed by atoms with E-state index in [-0.39, 0.29) is 17.5 Å². The molecular formula is C18H22ClN3O4S. The number of rotatable bonds is 4. The number of carboxylic acids is 1. The van der Waals surface area contributed by atoms with E-state index in [9.17, 15) is 18.3 Å². The van der Waals surface area contributed by atoms with Crippen molar-refractivity contribution in [2.45, 2.75) is 18.5 Å². The number of piperazine rings is 1. The number of benzene rings is 1. The lowest BCUT2D eigenvalue weighted by molar-refractivity contribution is -0.144. The quantitative estimate of drug-likeness (QED) is 0.796. The van der Waals surface area contributed by atoms with Gasteiger partial charge in [-0.2, -0.15) is 0 Å². The molecule has 2 atom stereocenters. The van der Waals surface area contributed by atoms with Gasteiger partial charge in [0.2, 0.25) is 0 Å². The van der Waals surface area contributed by atoms with Crippen LogP contribution in [0.15, 0.2) is 24.4 Å². The molecule has 9 heteroatoms. The first kappa shape index (κ1) is 18.7. The average Bonchev–Trinajstić information content (AvgIpc) is 3.19. The van der Waals surface area contributed by atoms with Crippen LogP contribution in [0, 0.1) is 0 Å². The van der Waals surface area contributed by atoms with Gasteiger partial charge >= 0.3 is 5.97 Å². The van der Waals surface area contributed by atoms with Gasteiger partial charge in [-0.3, -0.25) is 14.6 Å². The molecular weight excluding hydrogens is 390 g/mol. The zero-order valence-electron chi connectivity index (χ0n) is 14.8. The second-order valence-corrected chi connectivity index (χ2v) is 9.97. The third-order valence-electron chi connectivity index (χ3n) is 5.64. The van der Waals surface area contributed by atoms with Crippen molar-refractivity contribution in [3.63, 3.8) is 0 Å². The molecule has 2 fully saturated rings. The van der Waals surface area contributed by atoms with Crippen molar-refractivity contribution in [2.75, 3.05) is 37.7 Å². The maximum Gasteiger partial charge on any atom is 0.325 e. The number of aromatic amines is 1. The number of aliphatic carboxylic acids is 1. The molecule has 4 rings (SSSR count). The number of aromatic nitrogens is 1. The van der Waals surface area contributed by atoms with Crippen LogP contribution in [0.25, 0.3) is 10.9 Å². The van der Waals surface area contributed by atoms with Crippen LogP contribution in [-0.2, 0) is 14.6 Å². The summed E-state index contributed by atoms with van der Waals surface area (Å²) >= 11 is 6.10. The van der Waals surface area contributed by atoms with Gasteiger partial charge in [0.05, 0.1) is 11.5 Å². The molecule has 1 aromatic heterocycles. The molecule has 0 aliphatic carbocycles. The summed E-state index contributed by atoms with van der Waals surface area (Å²) in [5.74, 6) is -0.421. The zero-order valence-corrected chi connectivity index (χ0v) is 16.3. The number of nitrogens with one attached hydrogen (secondary N) is 1. The Labute approximate surface area is 162 Å². The van der Waals surface area contributed by atoms with Crippen molar-refractivity contribution < 1.29 is 18.3 Å². The Hall–Kier alpha value is -1.61. The van der Waals surface area contributed by atoms with E-state index in [1.165, 1.54) is 0 Å². The van der Waals surface area contributed by atoms with Crippen LogP contribution in [0.2, 0.25) is 5.02 Å². The Kier molecular flexibility index (Phi) is 4.92. The Bertz CT molecular complexity index is 966. The van der Waals surface area contributed by atoms with Crippen molar-refractivity contribution >= 4 is 38.3 Å². The molecule has 2 aromatic rings. The average molecular weight is 412 g/mol. The van der Waals surface area contributed by atoms with E-state index in [0.717, 1.165) is 10.9 Å². The fourth-order valence-corrected chi connectivity index (χ4v) is 6.18. The summed E-state index contributed by atoms with van der Waals surface area (Å²) in [6.45, 7) is 2.52. The van der Waals surface area contributed by atoms with Gasteiger partial charge in [0, 0.05) is 59.9 Å². The highest BCUT2D eigenvalue weighted by Crippen LogP contribution is 2.31. The van der Waals surface area contributed by atoms with E-state index in [1.54, 1.807) is 18.3 Å². The number of nitrogens with zero attached hydrogens (tertiary/aromatic N) is 2. The molecule has 0 spiro atoms. The van der Waals surface area contributed by atoms with E-state index in [4.69, 9.17) is 11.6 Å². The smallest absolute Gasteiger partial charge is 0.325 e. The first-order chi connectivity index (χ1) is 12.8. The van der Waals surface area contributed by atoms with Crippen LogP contribution in [0.4, 0.5) is 0 Å². The fraction of sp³-hybridized carbons (Fsp3) is 0.500. The third kappa shape index (κ3) is 3.71. The van der Waals surface area contributed by atoms with Gasteiger partial charge in [0.15, 0.2) is 9.84 Å². The monoisotopic (exact) mass is 411 g/mol. The summed E-state index contributed by atoms with van der Waals surface area (Å²) in [5.41, 5.74) is 1.56. The van der Waals surface area contributed by atoms with Gasteiger partial charge in [-0.25, -0.2) is 8.42 Å². The van der Waals surface area contributed by atoms with E-state index in [1.807, 2.05) is 11.0 Å². The van der Waals surface area contributed by atoms with E-state index < -0.39 is 21.8 Å². The van der Waals surface area contributed by atoms with Gasteiger partial charge in [-0.05, 0) is 24.6 Å². The molecule has 7 nitrogen and oxygen atoms in total. The van der Waals surface area contributed by atoms with Gasteiger partial charge in [0.25, 0.3) is 0 Å². The number of fused-ring (bicyclic) bond motifs is 1. The van der Waals surface area contributed by atoms with E-state index in [0.29, 0.717) is 43.2 Å². The van der Waals surface area contributed by atoms with Crippen LogP contribution in [0.3, 0.4) is 0 Å². The van der Waals surface area contributed by atoms with E-state index >= 15 is 0 Å². The molecule has 0 bridgehead atoms.